The normalized spacial score (nSPS) is 11.2. The van der Waals surface area contributed by atoms with Gasteiger partial charge in [0.15, 0.2) is 5.65 Å². The Hall–Kier alpha value is -1.08. The predicted molar refractivity (Wildman–Crippen MR) is 93.1 cm³/mol. The Morgan fingerprint density at radius 1 is 1.30 bits per heavy atom. The zero-order valence-electron chi connectivity index (χ0n) is 11.3. The van der Waals surface area contributed by atoms with E-state index >= 15 is 0 Å². The second-order valence-electron chi connectivity index (χ2n) is 4.42. The molecule has 0 saturated carbocycles. The van der Waals surface area contributed by atoms with Crippen LogP contribution in [0.15, 0.2) is 41.4 Å². The lowest BCUT2D eigenvalue weighted by atomic mass is 10.2. The molecule has 3 rings (SSSR count). The quantitative estimate of drug-likeness (QED) is 0.488. The van der Waals surface area contributed by atoms with Gasteiger partial charge in [-0.25, -0.2) is 9.97 Å². The van der Waals surface area contributed by atoms with E-state index in [1.165, 1.54) is 10.5 Å². The van der Waals surface area contributed by atoms with E-state index in [0.717, 1.165) is 26.3 Å². The third kappa shape index (κ3) is 2.44. The highest BCUT2D eigenvalue weighted by Gasteiger charge is 2.14. The summed E-state index contributed by atoms with van der Waals surface area (Å²) in [6.07, 6.45) is 1.88. The number of halogens is 1. The summed E-state index contributed by atoms with van der Waals surface area (Å²) in [5.74, 6) is 2.03. The van der Waals surface area contributed by atoms with E-state index in [0.29, 0.717) is 0 Å². The first-order valence-electron chi connectivity index (χ1n) is 6.41. The zero-order valence-corrected chi connectivity index (χ0v) is 14.3. The van der Waals surface area contributed by atoms with Crippen molar-refractivity contribution in [2.45, 2.75) is 11.8 Å². The van der Waals surface area contributed by atoms with Gasteiger partial charge in [-0.15, -0.1) is 11.8 Å². The third-order valence-corrected chi connectivity index (χ3v) is 4.65. The highest BCUT2D eigenvalue weighted by atomic mass is 127. The summed E-state index contributed by atoms with van der Waals surface area (Å²) in [7, 11) is 2.03. The van der Waals surface area contributed by atoms with Crippen molar-refractivity contribution < 1.29 is 0 Å². The number of aromatic nitrogens is 3. The van der Waals surface area contributed by atoms with Crippen molar-refractivity contribution in [3.8, 4) is 11.4 Å². The van der Waals surface area contributed by atoms with Gasteiger partial charge in [0.2, 0.25) is 0 Å². The topological polar surface area (TPSA) is 30.7 Å². The van der Waals surface area contributed by atoms with E-state index in [2.05, 4.69) is 69.4 Å². The largest absolute Gasteiger partial charge is 0.312 e. The molecule has 0 aliphatic carbocycles. The number of fused-ring (bicyclic) bond motifs is 1. The van der Waals surface area contributed by atoms with Crippen LogP contribution in [0.4, 0.5) is 0 Å². The minimum absolute atomic E-state index is 0.928. The highest BCUT2D eigenvalue weighted by Crippen LogP contribution is 2.32. The molecule has 0 fully saturated rings. The Morgan fingerprint density at radius 2 is 2.10 bits per heavy atom. The summed E-state index contributed by atoms with van der Waals surface area (Å²) < 4.78 is 3.18. The summed E-state index contributed by atoms with van der Waals surface area (Å²) in [5.41, 5.74) is 3.05. The SMILES string of the molecule is CCSc1ccccc1-c1nc2cc(I)cnc2n1C. The highest BCUT2D eigenvalue weighted by molar-refractivity contribution is 14.1. The molecule has 102 valence electrons. The van der Waals surface area contributed by atoms with E-state index in [4.69, 9.17) is 4.98 Å². The van der Waals surface area contributed by atoms with E-state index in [9.17, 15) is 0 Å². The fourth-order valence-electron chi connectivity index (χ4n) is 2.23. The minimum Gasteiger partial charge on any atom is -0.312 e. The molecule has 0 amide bonds. The number of pyridine rings is 1. The maximum absolute atomic E-state index is 4.77. The Kier molecular flexibility index (Phi) is 3.98. The molecule has 2 aromatic heterocycles. The molecule has 5 heteroatoms. The molecule has 3 aromatic rings. The van der Waals surface area contributed by atoms with Gasteiger partial charge in [-0.2, -0.15) is 0 Å². The lowest BCUT2D eigenvalue weighted by Crippen LogP contribution is -1.95. The molecule has 2 heterocycles. The monoisotopic (exact) mass is 395 g/mol. The molecule has 0 atom stereocenters. The van der Waals surface area contributed by atoms with Crippen molar-refractivity contribution in [2.24, 2.45) is 7.05 Å². The molecule has 0 bridgehead atoms. The van der Waals surface area contributed by atoms with Crippen LogP contribution >= 0.6 is 34.4 Å². The Balaban J connectivity index is 2.22. The number of hydrogen-bond acceptors (Lipinski definition) is 3. The number of rotatable bonds is 3. The van der Waals surface area contributed by atoms with Gasteiger partial charge < -0.3 is 4.57 Å². The van der Waals surface area contributed by atoms with Gasteiger partial charge in [-0.05, 0) is 40.5 Å². The molecule has 0 spiro atoms. The van der Waals surface area contributed by atoms with Crippen LogP contribution < -0.4 is 0 Å². The fraction of sp³-hybridized carbons (Fsp3) is 0.200. The Labute approximate surface area is 136 Å². The van der Waals surface area contributed by atoms with E-state index in [1.54, 1.807) is 0 Å². The minimum atomic E-state index is 0.928. The van der Waals surface area contributed by atoms with Crippen molar-refractivity contribution in [3.05, 3.63) is 40.1 Å². The van der Waals surface area contributed by atoms with Crippen molar-refractivity contribution in [1.82, 2.24) is 14.5 Å². The summed E-state index contributed by atoms with van der Waals surface area (Å²) in [6, 6.07) is 10.5. The lowest BCUT2D eigenvalue weighted by molar-refractivity contribution is 0.938. The van der Waals surface area contributed by atoms with Crippen LogP contribution in [0.1, 0.15) is 6.92 Å². The van der Waals surface area contributed by atoms with Crippen LogP contribution in [0.3, 0.4) is 0 Å². The Bertz CT molecular complexity index is 767. The van der Waals surface area contributed by atoms with Gasteiger partial charge in [-0.1, -0.05) is 25.1 Å². The standard InChI is InChI=1S/C15H14IN3S/c1-3-20-13-7-5-4-6-11(13)14-18-12-8-10(16)9-17-15(12)19(14)2/h4-9H,3H2,1-2H3. The molecule has 0 aliphatic rings. The summed E-state index contributed by atoms with van der Waals surface area (Å²) >= 11 is 4.11. The summed E-state index contributed by atoms with van der Waals surface area (Å²) in [4.78, 5) is 10.5. The zero-order chi connectivity index (χ0) is 14.1. The molecular weight excluding hydrogens is 381 g/mol. The number of nitrogens with zero attached hydrogens (tertiary/aromatic N) is 3. The average Bonchev–Trinajstić information content (AvgIpc) is 2.76. The van der Waals surface area contributed by atoms with Gasteiger partial charge in [0, 0.05) is 27.3 Å². The lowest BCUT2D eigenvalue weighted by Gasteiger charge is -2.07. The smallest absolute Gasteiger partial charge is 0.160 e. The van der Waals surface area contributed by atoms with Crippen LogP contribution in [0, 0.1) is 3.57 Å². The van der Waals surface area contributed by atoms with Crippen LogP contribution in [-0.4, -0.2) is 20.3 Å². The second-order valence-corrected chi connectivity index (χ2v) is 6.97. The van der Waals surface area contributed by atoms with E-state index in [-0.39, 0.29) is 0 Å². The van der Waals surface area contributed by atoms with Crippen LogP contribution in [0.5, 0.6) is 0 Å². The molecule has 0 saturated heterocycles. The van der Waals surface area contributed by atoms with Gasteiger partial charge in [0.1, 0.15) is 11.3 Å². The van der Waals surface area contributed by atoms with Crippen LogP contribution in [-0.2, 0) is 7.05 Å². The van der Waals surface area contributed by atoms with Gasteiger partial charge >= 0.3 is 0 Å². The number of imidazole rings is 1. The molecule has 0 radical (unpaired) electrons. The molecule has 0 aliphatic heterocycles. The third-order valence-electron chi connectivity index (χ3n) is 3.10. The molecule has 1 aromatic carbocycles. The number of hydrogen-bond donors (Lipinski definition) is 0. The number of benzene rings is 1. The number of thioether (sulfide) groups is 1. The van der Waals surface area contributed by atoms with Crippen molar-refractivity contribution in [1.29, 1.82) is 0 Å². The maximum atomic E-state index is 4.77. The predicted octanol–water partition coefficient (Wildman–Crippen LogP) is 4.35. The van der Waals surface area contributed by atoms with Crippen molar-refractivity contribution in [2.75, 3.05) is 5.75 Å². The maximum Gasteiger partial charge on any atom is 0.160 e. The molecular formula is C15H14IN3S. The first-order chi connectivity index (χ1) is 9.70. The van der Waals surface area contributed by atoms with Gasteiger partial charge in [0.25, 0.3) is 0 Å². The first kappa shape index (κ1) is 13.9. The van der Waals surface area contributed by atoms with Crippen LogP contribution in [0.2, 0.25) is 0 Å². The first-order valence-corrected chi connectivity index (χ1v) is 8.47. The van der Waals surface area contributed by atoms with E-state index in [1.807, 2.05) is 25.0 Å². The molecule has 0 N–H and O–H groups in total. The van der Waals surface area contributed by atoms with Gasteiger partial charge in [-0.3, -0.25) is 0 Å². The van der Waals surface area contributed by atoms with Crippen molar-refractivity contribution in [3.63, 3.8) is 0 Å². The molecule has 20 heavy (non-hydrogen) atoms. The van der Waals surface area contributed by atoms with Crippen molar-refractivity contribution >= 4 is 45.5 Å². The second kappa shape index (κ2) is 5.73. The van der Waals surface area contributed by atoms with E-state index < -0.39 is 0 Å². The summed E-state index contributed by atoms with van der Waals surface area (Å²) in [6.45, 7) is 2.17. The van der Waals surface area contributed by atoms with Gasteiger partial charge in [0.05, 0.1) is 0 Å². The average molecular weight is 395 g/mol. The molecule has 3 nitrogen and oxygen atoms in total. The molecule has 0 unspecified atom stereocenters. The summed E-state index contributed by atoms with van der Waals surface area (Å²) in [5, 5.41) is 0. The number of aryl methyl sites for hydroxylation is 1. The van der Waals surface area contributed by atoms with Crippen LogP contribution in [0.25, 0.3) is 22.6 Å². The fourth-order valence-corrected chi connectivity index (χ4v) is 3.46. The Morgan fingerprint density at radius 3 is 2.90 bits per heavy atom.